The van der Waals surface area contributed by atoms with Crippen molar-refractivity contribution < 1.29 is 26.4 Å². The van der Waals surface area contributed by atoms with Gasteiger partial charge in [-0.05, 0) is 37.1 Å². The number of benzene rings is 3. The Labute approximate surface area is 184 Å². The van der Waals surface area contributed by atoms with Gasteiger partial charge >= 0.3 is 0 Å². The minimum Gasteiger partial charge on any atom is -0.348 e. The molecule has 0 saturated carbocycles. The Hall–Kier alpha value is -3.17. The summed E-state index contributed by atoms with van der Waals surface area (Å²) in [6, 6.07) is 14.2. The van der Waals surface area contributed by atoms with Gasteiger partial charge in [-0.2, -0.15) is 4.72 Å². The lowest BCUT2D eigenvalue weighted by Crippen LogP contribution is -2.48. The van der Waals surface area contributed by atoms with Crippen LogP contribution in [0.4, 0.5) is 13.2 Å². The van der Waals surface area contributed by atoms with Gasteiger partial charge in [0.25, 0.3) is 0 Å². The first-order chi connectivity index (χ1) is 15.2. The summed E-state index contributed by atoms with van der Waals surface area (Å²) in [5.41, 5.74) is 0.694. The molecular weight excluding hydrogens is 441 g/mol. The smallest absolute Gasteiger partial charge is 0.244 e. The molecule has 0 radical (unpaired) electrons. The van der Waals surface area contributed by atoms with Crippen LogP contribution in [0.3, 0.4) is 0 Å². The van der Waals surface area contributed by atoms with Gasteiger partial charge in [0.2, 0.25) is 15.9 Å². The Morgan fingerprint density at radius 2 is 1.56 bits per heavy atom. The SMILES string of the molecule is CC(NC(=O)C(Cc1ccccc1)NS(=O)(=O)c1ccccc1F)c1ccc(F)cc1F. The van der Waals surface area contributed by atoms with E-state index in [4.69, 9.17) is 0 Å². The second kappa shape index (κ2) is 9.97. The molecule has 0 aliphatic rings. The van der Waals surface area contributed by atoms with Crippen LogP contribution in [0.15, 0.2) is 77.7 Å². The predicted molar refractivity (Wildman–Crippen MR) is 114 cm³/mol. The summed E-state index contributed by atoms with van der Waals surface area (Å²) in [5.74, 6) is -3.31. The highest BCUT2D eigenvalue weighted by atomic mass is 32.2. The molecule has 32 heavy (non-hydrogen) atoms. The number of carbonyl (C=O) groups is 1. The second-order valence-corrected chi connectivity index (χ2v) is 8.87. The van der Waals surface area contributed by atoms with Gasteiger partial charge in [0.15, 0.2) is 0 Å². The van der Waals surface area contributed by atoms with E-state index in [1.54, 1.807) is 30.3 Å². The average molecular weight is 462 g/mol. The van der Waals surface area contributed by atoms with Crippen LogP contribution in [-0.4, -0.2) is 20.4 Å². The largest absolute Gasteiger partial charge is 0.348 e. The molecule has 2 N–H and O–H groups in total. The van der Waals surface area contributed by atoms with Crippen molar-refractivity contribution in [2.24, 2.45) is 0 Å². The van der Waals surface area contributed by atoms with E-state index in [2.05, 4.69) is 10.0 Å². The Bertz CT molecular complexity index is 1200. The van der Waals surface area contributed by atoms with Crippen molar-refractivity contribution in [1.29, 1.82) is 0 Å². The molecule has 0 heterocycles. The molecule has 0 aliphatic heterocycles. The summed E-state index contributed by atoms with van der Waals surface area (Å²) >= 11 is 0. The van der Waals surface area contributed by atoms with Crippen molar-refractivity contribution in [1.82, 2.24) is 10.0 Å². The maximum atomic E-state index is 14.1. The predicted octanol–water partition coefficient (Wildman–Crippen LogP) is 3.87. The van der Waals surface area contributed by atoms with Crippen molar-refractivity contribution in [3.05, 3.63) is 101 Å². The fraction of sp³-hybridized carbons (Fsp3) is 0.174. The monoisotopic (exact) mass is 462 g/mol. The molecule has 3 aromatic rings. The standard InChI is InChI=1S/C23H21F3N2O3S/c1-15(18-12-11-17(24)14-20(18)26)27-23(29)21(13-16-7-3-2-4-8-16)28-32(30,31)22-10-6-5-9-19(22)25/h2-12,14-15,21,28H,13H2,1H3,(H,27,29). The summed E-state index contributed by atoms with van der Waals surface area (Å²) in [4.78, 5) is 12.4. The molecule has 1 amide bonds. The van der Waals surface area contributed by atoms with E-state index in [-0.39, 0.29) is 12.0 Å². The number of nitrogens with one attached hydrogen (secondary N) is 2. The lowest BCUT2D eigenvalue weighted by atomic mass is 10.0. The van der Waals surface area contributed by atoms with Gasteiger partial charge in [-0.1, -0.05) is 48.5 Å². The minimum atomic E-state index is -4.38. The summed E-state index contributed by atoms with van der Waals surface area (Å²) in [6.45, 7) is 1.49. The summed E-state index contributed by atoms with van der Waals surface area (Å²) < 4.78 is 69.2. The van der Waals surface area contributed by atoms with Crippen LogP contribution in [0.2, 0.25) is 0 Å². The van der Waals surface area contributed by atoms with E-state index in [9.17, 15) is 26.4 Å². The first-order valence-corrected chi connectivity index (χ1v) is 11.2. The fourth-order valence-electron chi connectivity index (χ4n) is 3.20. The van der Waals surface area contributed by atoms with Gasteiger partial charge < -0.3 is 5.32 Å². The molecular formula is C23H21F3N2O3S. The van der Waals surface area contributed by atoms with Crippen LogP contribution in [0.1, 0.15) is 24.1 Å². The van der Waals surface area contributed by atoms with Gasteiger partial charge in [-0.15, -0.1) is 0 Å². The number of hydrogen-bond acceptors (Lipinski definition) is 3. The molecule has 2 atom stereocenters. The molecule has 2 unspecified atom stereocenters. The molecule has 3 rings (SSSR count). The number of rotatable bonds is 8. The molecule has 0 fully saturated rings. The van der Waals surface area contributed by atoms with Gasteiger partial charge in [0.1, 0.15) is 28.4 Å². The number of carbonyl (C=O) groups excluding carboxylic acids is 1. The maximum absolute atomic E-state index is 14.1. The van der Waals surface area contributed by atoms with Crippen molar-refractivity contribution >= 4 is 15.9 Å². The quantitative estimate of drug-likeness (QED) is 0.534. The zero-order valence-electron chi connectivity index (χ0n) is 17.1. The van der Waals surface area contributed by atoms with Crippen molar-refractivity contribution in [2.45, 2.75) is 30.3 Å². The number of halogens is 3. The Morgan fingerprint density at radius 3 is 2.22 bits per heavy atom. The third-order valence-corrected chi connectivity index (χ3v) is 6.32. The highest BCUT2D eigenvalue weighted by Crippen LogP contribution is 2.19. The minimum absolute atomic E-state index is 0.0288. The third kappa shape index (κ3) is 5.74. The number of amides is 1. The van der Waals surface area contributed by atoms with E-state index >= 15 is 0 Å². The zero-order chi connectivity index (χ0) is 23.3. The number of hydrogen-bond donors (Lipinski definition) is 2. The van der Waals surface area contributed by atoms with Crippen LogP contribution < -0.4 is 10.0 Å². The van der Waals surface area contributed by atoms with Crippen LogP contribution in [-0.2, 0) is 21.2 Å². The molecule has 9 heteroatoms. The van der Waals surface area contributed by atoms with Crippen LogP contribution >= 0.6 is 0 Å². The molecule has 3 aromatic carbocycles. The van der Waals surface area contributed by atoms with Gasteiger partial charge in [-0.3, -0.25) is 4.79 Å². The molecule has 5 nitrogen and oxygen atoms in total. The van der Waals surface area contributed by atoms with Crippen molar-refractivity contribution in [2.75, 3.05) is 0 Å². The second-order valence-electron chi connectivity index (χ2n) is 7.19. The topological polar surface area (TPSA) is 75.3 Å². The van der Waals surface area contributed by atoms with Crippen molar-refractivity contribution in [3.8, 4) is 0 Å². The van der Waals surface area contributed by atoms with Gasteiger partial charge in [0, 0.05) is 11.6 Å². The number of sulfonamides is 1. The van der Waals surface area contributed by atoms with E-state index in [0.29, 0.717) is 11.6 Å². The average Bonchev–Trinajstić information content (AvgIpc) is 2.74. The lowest BCUT2D eigenvalue weighted by molar-refractivity contribution is -0.123. The first-order valence-electron chi connectivity index (χ1n) is 9.73. The van der Waals surface area contributed by atoms with Gasteiger partial charge in [0.05, 0.1) is 6.04 Å². The van der Waals surface area contributed by atoms with Crippen LogP contribution in [0.25, 0.3) is 0 Å². The van der Waals surface area contributed by atoms with Crippen LogP contribution in [0, 0.1) is 17.5 Å². The van der Waals surface area contributed by atoms with Crippen molar-refractivity contribution in [3.63, 3.8) is 0 Å². The molecule has 0 aromatic heterocycles. The highest BCUT2D eigenvalue weighted by molar-refractivity contribution is 7.89. The Morgan fingerprint density at radius 1 is 0.906 bits per heavy atom. The molecule has 0 spiro atoms. The van der Waals surface area contributed by atoms with Crippen LogP contribution in [0.5, 0.6) is 0 Å². The van der Waals surface area contributed by atoms with E-state index in [1.807, 2.05) is 0 Å². The highest BCUT2D eigenvalue weighted by Gasteiger charge is 2.29. The summed E-state index contributed by atoms with van der Waals surface area (Å²) in [7, 11) is -4.38. The van der Waals surface area contributed by atoms with E-state index in [1.165, 1.54) is 25.1 Å². The first kappa shape index (κ1) is 23.5. The Kier molecular flexibility index (Phi) is 7.32. The zero-order valence-corrected chi connectivity index (χ0v) is 17.9. The molecule has 168 valence electrons. The third-order valence-electron chi connectivity index (χ3n) is 4.81. The summed E-state index contributed by atoms with van der Waals surface area (Å²) in [6.07, 6.45) is -0.0288. The molecule has 0 saturated heterocycles. The lowest BCUT2D eigenvalue weighted by Gasteiger charge is -2.22. The van der Waals surface area contributed by atoms with Gasteiger partial charge in [-0.25, -0.2) is 21.6 Å². The normalized spacial score (nSPS) is 13.4. The van der Waals surface area contributed by atoms with E-state index in [0.717, 1.165) is 18.2 Å². The molecule has 0 aliphatic carbocycles. The Balaban J connectivity index is 1.86. The maximum Gasteiger partial charge on any atom is 0.244 e. The fourth-order valence-corrected chi connectivity index (χ4v) is 4.47. The molecule has 0 bridgehead atoms. The van der Waals surface area contributed by atoms with E-state index < -0.39 is 50.4 Å². The summed E-state index contributed by atoms with van der Waals surface area (Å²) in [5, 5.41) is 2.54.